The number of sulfone groups is 1. The summed E-state index contributed by atoms with van der Waals surface area (Å²) in [4.78, 5) is 4.70. The number of ether oxygens (including phenoxy) is 1. The summed E-state index contributed by atoms with van der Waals surface area (Å²) < 4.78 is 29.9. The van der Waals surface area contributed by atoms with Gasteiger partial charge in [0.15, 0.2) is 15.0 Å². The van der Waals surface area contributed by atoms with Crippen molar-refractivity contribution in [3.8, 4) is 5.75 Å². The number of hydrogen-bond acceptors (Lipinski definition) is 6. The Balaban J connectivity index is 1.90. The summed E-state index contributed by atoms with van der Waals surface area (Å²) in [5.74, 6) is 0.804. The van der Waals surface area contributed by atoms with E-state index in [1.54, 1.807) is 19.2 Å². The van der Waals surface area contributed by atoms with Crippen molar-refractivity contribution in [2.45, 2.75) is 11.4 Å². The molecule has 3 aromatic rings. The quantitative estimate of drug-likeness (QED) is 0.766. The predicted molar refractivity (Wildman–Crippen MR) is 93.1 cm³/mol. The lowest BCUT2D eigenvalue weighted by Crippen LogP contribution is -2.01. The number of benzene rings is 2. The van der Waals surface area contributed by atoms with E-state index in [-0.39, 0.29) is 4.90 Å². The van der Waals surface area contributed by atoms with Crippen LogP contribution < -0.4 is 10.1 Å². The molecule has 120 valence electrons. The van der Waals surface area contributed by atoms with Crippen LogP contribution in [0.25, 0.3) is 10.2 Å². The number of hydrogen-bond donors (Lipinski definition) is 1. The molecule has 0 radical (unpaired) electrons. The lowest BCUT2D eigenvalue weighted by molar-refractivity contribution is 0.410. The molecule has 5 nitrogen and oxygen atoms in total. The Hall–Kier alpha value is -2.12. The molecule has 1 aromatic heterocycles. The van der Waals surface area contributed by atoms with E-state index in [9.17, 15) is 8.42 Å². The van der Waals surface area contributed by atoms with Crippen LogP contribution in [0, 0.1) is 0 Å². The van der Waals surface area contributed by atoms with Gasteiger partial charge in [-0.15, -0.1) is 0 Å². The smallest absolute Gasteiger partial charge is 0.184 e. The molecule has 0 fully saturated rings. The van der Waals surface area contributed by atoms with E-state index < -0.39 is 9.84 Å². The number of nitrogens with zero attached hydrogens (tertiary/aromatic N) is 1. The van der Waals surface area contributed by atoms with Crippen molar-refractivity contribution in [2.75, 3.05) is 18.7 Å². The van der Waals surface area contributed by atoms with Gasteiger partial charge in [-0.25, -0.2) is 13.4 Å². The number of para-hydroxylation sites is 2. The zero-order valence-electron chi connectivity index (χ0n) is 12.7. The van der Waals surface area contributed by atoms with Crippen molar-refractivity contribution in [2.24, 2.45) is 0 Å². The van der Waals surface area contributed by atoms with Gasteiger partial charge in [0.2, 0.25) is 0 Å². The molecule has 0 bridgehead atoms. The van der Waals surface area contributed by atoms with Crippen LogP contribution in [0.15, 0.2) is 47.4 Å². The molecule has 0 amide bonds. The summed E-state index contributed by atoms with van der Waals surface area (Å²) in [6.07, 6.45) is 1.20. The van der Waals surface area contributed by atoms with Gasteiger partial charge in [-0.2, -0.15) is 0 Å². The highest BCUT2D eigenvalue weighted by molar-refractivity contribution is 7.91. The van der Waals surface area contributed by atoms with Crippen LogP contribution in [-0.2, 0) is 16.4 Å². The van der Waals surface area contributed by atoms with Crippen LogP contribution in [0.5, 0.6) is 5.75 Å². The first-order chi connectivity index (χ1) is 11.0. The molecule has 0 atom stereocenters. The molecule has 3 rings (SSSR count). The Bertz CT molecular complexity index is 949. The molecule has 1 heterocycles. The summed E-state index contributed by atoms with van der Waals surface area (Å²) >= 11 is 1.43. The first-order valence-corrected chi connectivity index (χ1v) is 9.65. The van der Waals surface area contributed by atoms with E-state index in [0.717, 1.165) is 16.0 Å². The van der Waals surface area contributed by atoms with Gasteiger partial charge < -0.3 is 10.1 Å². The van der Waals surface area contributed by atoms with E-state index in [0.29, 0.717) is 17.2 Å². The highest BCUT2D eigenvalue weighted by Crippen LogP contribution is 2.31. The van der Waals surface area contributed by atoms with Crippen LogP contribution in [0.4, 0.5) is 5.13 Å². The molecule has 23 heavy (non-hydrogen) atoms. The van der Waals surface area contributed by atoms with Crippen molar-refractivity contribution in [1.82, 2.24) is 4.98 Å². The van der Waals surface area contributed by atoms with Crippen LogP contribution in [0.3, 0.4) is 0 Å². The third kappa shape index (κ3) is 3.30. The molecule has 0 aliphatic heterocycles. The fourth-order valence-corrected chi connectivity index (χ4v) is 4.10. The van der Waals surface area contributed by atoms with Crippen molar-refractivity contribution >= 4 is 36.5 Å². The fraction of sp³-hybridized carbons (Fsp3) is 0.188. The largest absolute Gasteiger partial charge is 0.496 e. The van der Waals surface area contributed by atoms with Gasteiger partial charge in [-0.05, 0) is 18.2 Å². The number of nitrogens with one attached hydrogen (secondary N) is 1. The summed E-state index contributed by atoms with van der Waals surface area (Å²) in [5.41, 5.74) is 1.53. The molecule has 0 unspecified atom stereocenters. The van der Waals surface area contributed by atoms with E-state index in [1.807, 2.05) is 30.3 Å². The minimum atomic E-state index is -3.30. The van der Waals surface area contributed by atoms with Gasteiger partial charge in [0.1, 0.15) is 11.3 Å². The normalized spacial score (nSPS) is 11.6. The molecule has 0 saturated heterocycles. The maximum Gasteiger partial charge on any atom is 0.184 e. The summed E-state index contributed by atoms with van der Waals surface area (Å²) in [5, 5.41) is 3.92. The topological polar surface area (TPSA) is 68.3 Å². The van der Waals surface area contributed by atoms with Crippen LogP contribution in [-0.4, -0.2) is 26.8 Å². The third-order valence-electron chi connectivity index (χ3n) is 3.40. The van der Waals surface area contributed by atoms with Gasteiger partial charge in [0.25, 0.3) is 0 Å². The summed E-state index contributed by atoms with van der Waals surface area (Å²) in [6, 6.07) is 12.9. The number of anilines is 1. The fourth-order valence-electron chi connectivity index (χ4n) is 2.32. The van der Waals surface area contributed by atoms with Crippen LogP contribution >= 0.6 is 11.3 Å². The first kappa shape index (κ1) is 15.8. The zero-order valence-corrected chi connectivity index (χ0v) is 14.4. The molecular weight excluding hydrogens is 332 g/mol. The lowest BCUT2D eigenvalue weighted by atomic mass is 10.2. The number of fused-ring (bicyclic) bond motifs is 1. The minimum absolute atomic E-state index is 0.261. The predicted octanol–water partition coefficient (Wildman–Crippen LogP) is 3.32. The summed E-state index contributed by atoms with van der Waals surface area (Å²) in [6.45, 7) is 0.554. The SMILES string of the molecule is COc1ccccc1CNc1nc2c(S(C)(=O)=O)cccc2s1. The zero-order chi connectivity index (χ0) is 16.4. The number of rotatable bonds is 5. The Labute approximate surface area is 138 Å². The Morgan fingerprint density at radius 2 is 1.96 bits per heavy atom. The second kappa shape index (κ2) is 6.17. The molecule has 0 spiro atoms. The van der Waals surface area contributed by atoms with Gasteiger partial charge in [-0.1, -0.05) is 35.6 Å². The van der Waals surface area contributed by atoms with Gasteiger partial charge in [0.05, 0.1) is 16.7 Å². The summed E-state index contributed by atoms with van der Waals surface area (Å²) in [7, 11) is -1.66. The van der Waals surface area contributed by atoms with Crippen LogP contribution in [0.2, 0.25) is 0 Å². The third-order valence-corrected chi connectivity index (χ3v) is 5.51. The van der Waals surface area contributed by atoms with Crippen molar-refractivity contribution in [3.05, 3.63) is 48.0 Å². The van der Waals surface area contributed by atoms with E-state index in [2.05, 4.69) is 10.3 Å². The van der Waals surface area contributed by atoms with E-state index in [4.69, 9.17) is 4.74 Å². The van der Waals surface area contributed by atoms with E-state index >= 15 is 0 Å². The van der Waals surface area contributed by atoms with E-state index in [1.165, 1.54) is 17.6 Å². The second-order valence-electron chi connectivity index (χ2n) is 5.06. The molecule has 2 aromatic carbocycles. The first-order valence-electron chi connectivity index (χ1n) is 6.94. The maximum absolute atomic E-state index is 11.8. The van der Waals surface area contributed by atoms with Gasteiger partial charge in [-0.3, -0.25) is 0 Å². The number of aromatic nitrogens is 1. The Kier molecular flexibility index (Phi) is 4.23. The lowest BCUT2D eigenvalue weighted by Gasteiger charge is -2.08. The highest BCUT2D eigenvalue weighted by Gasteiger charge is 2.15. The Morgan fingerprint density at radius 3 is 2.70 bits per heavy atom. The molecule has 0 aliphatic rings. The van der Waals surface area contributed by atoms with Crippen molar-refractivity contribution in [3.63, 3.8) is 0 Å². The van der Waals surface area contributed by atoms with Crippen molar-refractivity contribution < 1.29 is 13.2 Å². The monoisotopic (exact) mass is 348 g/mol. The average molecular weight is 348 g/mol. The molecule has 0 saturated carbocycles. The Morgan fingerprint density at radius 1 is 1.17 bits per heavy atom. The average Bonchev–Trinajstić information content (AvgIpc) is 2.94. The minimum Gasteiger partial charge on any atom is -0.496 e. The molecule has 7 heteroatoms. The second-order valence-corrected chi connectivity index (χ2v) is 8.07. The number of thiazole rings is 1. The van der Waals surface area contributed by atoms with Gasteiger partial charge >= 0.3 is 0 Å². The van der Waals surface area contributed by atoms with Crippen LogP contribution in [0.1, 0.15) is 5.56 Å². The van der Waals surface area contributed by atoms with Crippen molar-refractivity contribution in [1.29, 1.82) is 0 Å². The molecule has 0 aliphatic carbocycles. The number of methoxy groups -OCH3 is 1. The standard InChI is InChI=1S/C16H16N2O3S2/c1-21-12-7-4-3-6-11(12)10-17-16-18-15-13(22-16)8-5-9-14(15)23(2,19)20/h3-9H,10H2,1-2H3,(H,17,18). The van der Waals surface area contributed by atoms with Gasteiger partial charge in [0, 0.05) is 18.4 Å². The molecule has 1 N–H and O–H groups in total. The highest BCUT2D eigenvalue weighted by atomic mass is 32.2. The molecular formula is C16H16N2O3S2. The maximum atomic E-state index is 11.8.